The number of benzene rings is 1. The molecule has 2 aliphatic rings. The summed E-state index contributed by atoms with van der Waals surface area (Å²) in [7, 11) is 0. The third kappa shape index (κ3) is 5.72. The van der Waals surface area contributed by atoms with E-state index in [1.807, 2.05) is 24.0 Å². The summed E-state index contributed by atoms with van der Waals surface area (Å²) in [5.41, 5.74) is 2.04. The first-order chi connectivity index (χ1) is 13.2. The fraction of sp³-hybridized carbons (Fsp3) is 0.636. The van der Waals surface area contributed by atoms with Crippen LogP contribution in [0.25, 0.3) is 0 Å². The fourth-order valence-corrected chi connectivity index (χ4v) is 4.24. The summed E-state index contributed by atoms with van der Waals surface area (Å²) in [5.74, 6) is 0.668. The Morgan fingerprint density at radius 3 is 2.30 bits per heavy atom. The normalized spacial score (nSPS) is 18.9. The summed E-state index contributed by atoms with van der Waals surface area (Å²) in [5, 5.41) is 6.05. The molecule has 2 fully saturated rings. The fourth-order valence-electron chi connectivity index (χ4n) is 4.24. The molecule has 5 nitrogen and oxygen atoms in total. The highest BCUT2D eigenvalue weighted by molar-refractivity contribution is 5.94. The Morgan fingerprint density at radius 2 is 1.67 bits per heavy atom. The number of likely N-dealkylation sites (tertiary alicyclic amines) is 1. The molecule has 0 radical (unpaired) electrons. The number of carbonyl (C=O) groups is 2. The number of nitrogens with zero attached hydrogens (tertiary/aromatic N) is 1. The lowest BCUT2D eigenvalue weighted by molar-refractivity contribution is 0.0927. The minimum atomic E-state index is 0.0590. The SMILES string of the molecule is CCNC(=O)N1CCC(Cc2ccc(C(=O)NC3CCCCC3)cc2)CC1. The molecule has 0 atom stereocenters. The predicted octanol–water partition coefficient (Wildman–Crippen LogP) is 3.73. The molecular formula is C22H33N3O2. The van der Waals surface area contributed by atoms with Gasteiger partial charge in [-0.1, -0.05) is 31.4 Å². The van der Waals surface area contributed by atoms with Crippen LogP contribution >= 0.6 is 0 Å². The molecular weight excluding hydrogens is 338 g/mol. The first kappa shape index (κ1) is 19.7. The smallest absolute Gasteiger partial charge is 0.317 e. The topological polar surface area (TPSA) is 61.4 Å². The maximum absolute atomic E-state index is 12.4. The minimum absolute atomic E-state index is 0.0590. The molecule has 1 saturated heterocycles. The summed E-state index contributed by atoms with van der Waals surface area (Å²) in [4.78, 5) is 26.2. The van der Waals surface area contributed by atoms with E-state index in [0.29, 0.717) is 18.5 Å². The van der Waals surface area contributed by atoms with Crippen molar-refractivity contribution in [2.75, 3.05) is 19.6 Å². The lowest BCUT2D eigenvalue weighted by Gasteiger charge is -2.32. The molecule has 5 heteroatoms. The van der Waals surface area contributed by atoms with Crippen molar-refractivity contribution in [1.29, 1.82) is 0 Å². The molecule has 2 N–H and O–H groups in total. The third-order valence-electron chi connectivity index (χ3n) is 5.91. The van der Waals surface area contributed by atoms with E-state index in [-0.39, 0.29) is 11.9 Å². The zero-order valence-electron chi connectivity index (χ0n) is 16.5. The van der Waals surface area contributed by atoms with E-state index in [9.17, 15) is 9.59 Å². The lowest BCUT2D eigenvalue weighted by atomic mass is 9.90. The number of nitrogens with one attached hydrogen (secondary N) is 2. The summed E-state index contributed by atoms with van der Waals surface area (Å²) >= 11 is 0. The number of piperidine rings is 1. The van der Waals surface area contributed by atoms with Crippen LogP contribution in [0.5, 0.6) is 0 Å². The molecule has 1 aliphatic heterocycles. The highest BCUT2D eigenvalue weighted by atomic mass is 16.2. The second-order valence-corrected chi connectivity index (χ2v) is 7.98. The molecule has 1 aromatic carbocycles. The van der Waals surface area contributed by atoms with Crippen molar-refractivity contribution >= 4 is 11.9 Å². The standard InChI is InChI=1S/C22H33N3O2/c1-2-23-22(27)25-14-12-18(13-15-25)16-17-8-10-19(11-9-17)21(26)24-20-6-4-3-5-7-20/h8-11,18,20H,2-7,12-16H2,1H3,(H,23,27)(H,24,26). The summed E-state index contributed by atoms with van der Waals surface area (Å²) in [6.07, 6.45) is 9.07. The summed E-state index contributed by atoms with van der Waals surface area (Å²) in [6.45, 7) is 4.29. The maximum atomic E-state index is 12.4. The molecule has 3 rings (SSSR count). The van der Waals surface area contributed by atoms with Crippen molar-refractivity contribution in [3.63, 3.8) is 0 Å². The molecule has 3 amide bonds. The van der Waals surface area contributed by atoms with Crippen LogP contribution in [0.4, 0.5) is 4.79 Å². The van der Waals surface area contributed by atoms with Gasteiger partial charge in [0.2, 0.25) is 0 Å². The van der Waals surface area contributed by atoms with Gasteiger partial charge in [-0.3, -0.25) is 4.79 Å². The number of hydrogen-bond acceptors (Lipinski definition) is 2. The Labute approximate surface area is 162 Å². The first-order valence-electron chi connectivity index (χ1n) is 10.6. The van der Waals surface area contributed by atoms with E-state index in [4.69, 9.17) is 0 Å². The highest BCUT2D eigenvalue weighted by Gasteiger charge is 2.22. The van der Waals surface area contributed by atoms with Crippen LogP contribution in [0.3, 0.4) is 0 Å². The van der Waals surface area contributed by atoms with Gasteiger partial charge in [-0.25, -0.2) is 4.79 Å². The minimum Gasteiger partial charge on any atom is -0.349 e. The third-order valence-corrected chi connectivity index (χ3v) is 5.91. The van der Waals surface area contributed by atoms with Crippen LogP contribution in [0.2, 0.25) is 0 Å². The number of hydrogen-bond donors (Lipinski definition) is 2. The van der Waals surface area contributed by atoms with Crippen LogP contribution in [-0.4, -0.2) is 42.5 Å². The van der Waals surface area contributed by atoms with Gasteiger partial charge in [0.1, 0.15) is 0 Å². The van der Waals surface area contributed by atoms with Crippen LogP contribution in [0.1, 0.15) is 67.8 Å². The summed E-state index contributed by atoms with van der Waals surface area (Å²) < 4.78 is 0. The molecule has 1 aliphatic carbocycles. The van der Waals surface area contributed by atoms with Gasteiger partial charge in [-0.05, 0) is 62.6 Å². The number of urea groups is 1. The molecule has 0 aromatic heterocycles. The molecule has 148 valence electrons. The molecule has 1 saturated carbocycles. The van der Waals surface area contributed by atoms with Gasteiger partial charge in [-0.2, -0.15) is 0 Å². The van der Waals surface area contributed by atoms with Gasteiger partial charge < -0.3 is 15.5 Å². The van der Waals surface area contributed by atoms with Crippen molar-refractivity contribution < 1.29 is 9.59 Å². The highest BCUT2D eigenvalue weighted by Crippen LogP contribution is 2.22. The Kier molecular flexibility index (Phi) is 7.13. The molecule has 1 heterocycles. The molecule has 1 aromatic rings. The summed E-state index contributed by atoms with van der Waals surface area (Å²) in [6, 6.07) is 8.50. The van der Waals surface area contributed by atoms with Crippen molar-refractivity contribution in [3.05, 3.63) is 35.4 Å². The zero-order chi connectivity index (χ0) is 19.1. The Bertz CT molecular complexity index is 615. The predicted molar refractivity (Wildman–Crippen MR) is 108 cm³/mol. The van der Waals surface area contributed by atoms with Crippen molar-refractivity contribution in [2.24, 2.45) is 5.92 Å². The van der Waals surface area contributed by atoms with E-state index in [1.165, 1.54) is 24.8 Å². The Morgan fingerprint density at radius 1 is 1.00 bits per heavy atom. The number of rotatable bonds is 5. The monoisotopic (exact) mass is 371 g/mol. The lowest BCUT2D eigenvalue weighted by Crippen LogP contribution is -2.44. The van der Waals surface area contributed by atoms with Crippen molar-refractivity contribution in [1.82, 2.24) is 15.5 Å². The van der Waals surface area contributed by atoms with Gasteiger partial charge in [0.25, 0.3) is 5.91 Å². The Hall–Kier alpha value is -2.04. The van der Waals surface area contributed by atoms with Gasteiger partial charge in [-0.15, -0.1) is 0 Å². The van der Waals surface area contributed by atoms with Crippen LogP contribution in [-0.2, 0) is 6.42 Å². The van der Waals surface area contributed by atoms with Gasteiger partial charge in [0, 0.05) is 31.2 Å². The van der Waals surface area contributed by atoms with E-state index >= 15 is 0 Å². The van der Waals surface area contributed by atoms with Crippen LogP contribution < -0.4 is 10.6 Å². The second kappa shape index (κ2) is 9.77. The van der Waals surface area contributed by atoms with Gasteiger partial charge in [0.15, 0.2) is 0 Å². The van der Waals surface area contributed by atoms with E-state index < -0.39 is 0 Å². The zero-order valence-corrected chi connectivity index (χ0v) is 16.5. The maximum Gasteiger partial charge on any atom is 0.317 e. The van der Waals surface area contributed by atoms with Crippen molar-refractivity contribution in [2.45, 2.75) is 64.3 Å². The van der Waals surface area contributed by atoms with Crippen LogP contribution in [0.15, 0.2) is 24.3 Å². The van der Waals surface area contributed by atoms with E-state index in [2.05, 4.69) is 22.8 Å². The van der Waals surface area contributed by atoms with E-state index in [1.54, 1.807) is 0 Å². The van der Waals surface area contributed by atoms with Crippen molar-refractivity contribution in [3.8, 4) is 0 Å². The van der Waals surface area contributed by atoms with Gasteiger partial charge >= 0.3 is 6.03 Å². The largest absolute Gasteiger partial charge is 0.349 e. The average molecular weight is 372 g/mol. The molecule has 0 bridgehead atoms. The molecule has 0 unspecified atom stereocenters. The van der Waals surface area contributed by atoms with Gasteiger partial charge in [0.05, 0.1) is 0 Å². The second-order valence-electron chi connectivity index (χ2n) is 7.98. The quantitative estimate of drug-likeness (QED) is 0.828. The molecule has 27 heavy (non-hydrogen) atoms. The Balaban J connectivity index is 1.45. The van der Waals surface area contributed by atoms with E-state index in [0.717, 1.165) is 50.8 Å². The number of amides is 3. The number of carbonyl (C=O) groups excluding carboxylic acids is 2. The average Bonchev–Trinajstić information content (AvgIpc) is 2.70. The van der Waals surface area contributed by atoms with Crippen LogP contribution in [0, 0.1) is 5.92 Å². The first-order valence-corrected chi connectivity index (χ1v) is 10.6. The molecule has 0 spiro atoms.